The standard InChI is InChI=1S/C13H24N4O7S2/c1-5(19)9(12(22)16-8(4-26)13(23)24)17-11(21)7(3-25)15-10(20)6(14)2-18/h5-9,18-19,25-26H,2-4,14H2,1H3,(H,15,20)(H,16,22)(H,17,21)(H,23,24). The van der Waals surface area contributed by atoms with Crippen molar-refractivity contribution < 1.29 is 34.5 Å². The lowest BCUT2D eigenvalue weighted by atomic mass is 10.1. The van der Waals surface area contributed by atoms with E-state index in [4.69, 9.17) is 15.9 Å². The molecule has 3 amide bonds. The first kappa shape index (κ1) is 24.5. The normalized spacial score (nSPS) is 16.5. The van der Waals surface area contributed by atoms with Crippen LogP contribution in [0.15, 0.2) is 0 Å². The lowest BCUT2D eigenvalue weighted by molar-refractivity contribution is -0.142. The van der Waals surface area contributed by atoms with Crippen molar-refractivity contribution in [2.24, 2.45) is 5.73 Å². The minimum atomic E-state index is -1.48. The highest BCUT2D eigenvalue weighted by molar-refractivity contribution is 7.80. The molecule has 0 saturated carbocycles. The van der Waals surface area contributed by atoms with Gasteiger partial charge >= 0.3 is 5.97 Å². The van der Waals surface area contributed by atoms with Gasteiger partial charge in [-0.05, 0) is 6.92 Å². The van der Waals surface area contributed by atoms with Crippen LogP contribution in [0.3, 0.4) is 0 Å². The Labute approximate surface area is 160 Å². The Balaban J connectivity index is 5.06. The number of carbonyl (C=O) groups excluding carboxylic acids is 3. The number of hydrogen-bond donors (Lipinski definition) is 9. The van der Waals surface area contributed by atoms with E-state index >= 15 is 0 Å². The molecule has 0 aromatic heterocycles. The van der Waals surface area contributed by atoms with E-state index in [1.165, 1.54) is 6.92 Å². The fourth-order valence-electron chi connectivity index (χ4n) is 1.66. The summed E-state index contributed by atoms with van der Waals surface area (Å²) in [6, 6.07) is -5.23. The van der Waals surface area contributed by atoms with E-state index in [0.29, 0.717) is 0 Å². The molecule has 0 aromatic rings. The van der Waals surface area contributed by atoms with Crippen molar-refractivity contribution in [3.05, 3.63) is 0 Å². The van der Waals surface area contributed by atoms with E-state index in [1.54, 1.807) is 0 Å². The zero-order valence-corrected chi connectivity index (χ0v) is 15.7. The molecule has 0 radical (unpaired) electrons. The minimum absolute atomic E-state index is 0.155. The number of rotatable bonds is 11. The summed E-state index contributed by atoms with van der Waals surface area (Å²) >= 11 is 7.72. The molecule has 0 rings (SSSR count). The van der Waals surface area contributed by atoms with Crippen LogP contribution in [-0.4, -0.2) is 87.4 Å². The molecule has 0 aliphatic carbocycles. The Morgan fingerprint density at radius 2 is 1.46 bits per heavy atom. The average molecular weight is 412 g/mol. The molecule has 0 aliphatic heterocycles. The number of nitrogens with one attached hydrogen (secondary N) is 3. The number of carboxylic acid groups (broad SMARTS) is 1. The highest BCUT2D eigenvalue weighted by atomic mass is 32.1. The van der Waals surface area contributed by atoms with Gasteiger partial charge in [0.1, 0.15) is 24.2 Å². The zero-order chi connectivity index (χ0) is 20.4. The Morgan fingerprint density at radius 3 is 1.85 bits per heavy atom. The van der Waals surface area contributed by atoms with Gasteiger partial charge < -0.3 is 37.0 Å². The van der Waals surface area contributed by atoms with Crippen LogP contribution in [0.4, 0.5) is 0 Å². The topological polar surface area (TPSA) is 191 Å². The molecule has 13 heteroatoms. The molecule has 0 fully saturated rings. The molecular weight excluding hydrogens is 388 g/mol. The van der Waals surface area contributed by atoms with Crippen LogP contribution < -0.4 is 21.7 Å². The number of amides is 3. The largest absolute Gasteiger partial charge is 0.480 e. The van der Waals surface area contributed by atoms with Gasteiger partial charge in [0.15, 0.2) is 0 Å². The van der Waals surface area contributed by atoms with E-state index in [1.807, 2.05) is 0 Å². The predicted molar refractivity (Wildman–Crippen MR) is 97.9 cm³/mol. The van der Waals surface area contributed by atoms with E-state index in [-0.39, 0.29) is 11.5 Å². The van der Waals surface area contributed by atoms with Crippen LogP contribution in [0.25, 0.3) is 0 Å². The second-order valence-corrected chi connectivity index (χ2v) is 6.07. The van der Waals surface area contributed by atoms with Crippen molar-refractivity contribution in [1.82, 2.24) is 16.0 Å². The summed E-state index contributed by atoms with van der Waals surface area (Å²) in [4.78, 5) is 47.0. The van der Waals surface area contributed by atoms with Crippen LogP contribution in [0.1, 0.15) is 6.92 Å². The highest BCUT2D eigenvalue weighted by Crippen LogP contribution is 1.99. The van der Waals surface area contributed by atoms with Crippen molar-refractivity contribution in [2.75, 3.05) is 18.1 Å². The molecule has 0 heterocycles. The van der Waals surface area contributed by atoms with E-state index in [9.17, 15) is 24.3 Å². The number of carboxylic acids is 1. The molecule has 5 atom stereocenters. The molecule has 0 saturated heterocycles. The smallest absolute Gasteiger partial charge is 0.327 e. The molecule has 0 spiro atoms. The SMILES string of the molecule is CC(O)C(NC(=O)C(CS)NC(=O)C(N)CO)C(=O)NC(CS)C(=O)O. The maximum atomic E-state index is 12.2. The van der Waals surface area contributed by atoms with Crippen LogP contribution >= 0.6 is 25.3 Å². The quantitative estimate of drug-likeness (QED) is 0.154. The van der Waals surface area contributed by atoms with Gasteiger partial charge in [-0.25, -0.2) is 4.79 Å². The molecule has 8 N–H and O–H groups in total. The maximum Gasteiger partial charge on any atom is 0.327 e. The third-order valence-electron chi connectivity index (χ3n) is 3.21. The summed E-state index contributed by atoms with van der Waals surface area (Å²) in [6.07, 6.45) is -1.36. The van der Waals surface area contributed by atoms with E-state index < -0.39 is 60.6 Å². The van der Waals surface area contributed by atoms with Crippen LogP contribution in [0.5, 0.6) is 0 Å². The second kappa shape index (κ2) is 12.0. The second-order valence-electron chi connectivity index (χ2n) is 5.34. The van der Waals surface area contributed by atoms with Crippen molar-refractivity contribution in [2.45, 2.75) is 37.2 Å². The van der Waals surface area contributed by atoms with Crippen molar-refractivity contribution >= 4 is 48.9 Å². The Bertz CT molecular complexity index is 521. The first-order valence-corrected chi connectivity index (χ1v) is 8.75. The summed E-state index contributed by atoms with van der Waals surface area (Å²) < 4.78 is 0. The zero-order valence-electron chi connectivity index (χ0n) is 14.0. The van der Waals surface area contributed by atoms with Crippen molar-refractivity contribution in [3.63, 3.8) is 0 Å². The summed E-state index contributed by atoms with van der Waals surface area (Å²) in [5.74, 6) is -4.28. The van der Waals surface area contributed by atoms with Gasteiger partial charge in [0.25, 0.3) is 0 Å². The molecule has 0 bridgehead atoms. The molecule has 150 valence electrons. The van der Waals surface area contributed by atoms with Crippen LogP contribution in [-0.2, 0) is 19.2 Å². The van der Waals surface area contributed by atoms with Gasteiger partial charge in [0.05, 0.1) is 12.7 Å². The molecule has 5 unspecified atom stereocenters. The number of thiol groups is 2. The van der Waals surface area contributed by atoms with Crippen LogP contribution in [0, 0.1) is 0 Å². The lowest BCUT2D eigenvalue weighted by Crippen LogP contribution is -2.60. The van der Waals surface area contributed by atoms with Gasteiger partial charge in [-0.3, -0.25) is 14.4 Å². The van der Waals surface area contributed by atoms with Gasteiger partial charge in [-0.15, -0.1) is 0 Å². The summed E-state index contributed by atoms with van der Waals surface area (Å²) in [7, 11) is 0. The highest BCUT2D eigenvalue weighted by Gasteiger charge is 2.31. The molecule has 26 heavy (non-hydrogen) atoms. The first-order valence-electron chi connectivity index (χ1n) is 7.49. The minimum Gasteiger partial charge on any atom is -0.480 e. The van der Waals surface area contributed by atoms with E-state index in [2.05, 4.69) is 41.2 Å². The average Bonchev–Trinajstić information content (AvgIpc) is 2.59. The predicted octanol–water partition coefficient (Wildman–Crippen LogP) is -3.91. The third-order valence-corrected chi connectivity index (χ3v) is 3.94. The summed E-state index contributed by atoms with van der Waals surface area (Å²) in [5, 5.41) is 34.0. The Kier molecular flexibility index (Phi) is 11.2. The van der Waals surface area contributed by atoms with E-state index in [0.717, 1.165) is 0 Å². The molecule has 11 nitrogen and oxygen atoms in total. The van der Waals surface area contributed by atoms with Gasteiger partial charge in [-0.2, -0.15) is 25.3 Å². The lowest BCUT2D eigenvalue weighted by Gasteiger charge is -2.25. The third kappa shape index (κ3) is 7.78. The van der Waals surface area contributed by atoms with Crippen LogP contribution in [0.2, 0.25) is 0 Å². The Morgan fingerprint density at radius 1 is 0.962 bits per heavy atom. The van der Waals surface area contributed by atoms with Gasteiger partial charge in [0.2, 0.25) is 17.7 Å². The Hall–Kier alpha value is -1.54. The number of carbonyl (C=O) groups is 4. The fourth-order valence-corrected chi connectivity index (χ4v) is 2.17. The van der Waals surface area contributed by atoms with Crippen molar-refractivity contribution in [3.8, 4) is 0 Å². The fraction of sp³-hybridized carbons (Fsp3) is 0.692. The summed E-state index contributed by atoms with van der Waals surface area (Å²) in [6.45, 7) is 0.586. The molecular formula is C13H24N4O7S2. The maximum absolute atomic E-state index is 12.2. The van der Waals surface area contributed by atoms with Crippen molar-refractivity contribution in [1.29, 1.82) is 0 Å². The molecule has 0 aliphatic rings. The number of aliphatic carboxylic acids is 1. The van der Waals surface area contributed by atoms with Gasteiger partial charge in [0, 0.05) is 11.5 Å². The van der Waals surface area contributed by atoms with Gasteiger partial charge in [-0.1, -0.05) is 0 Å². The number of aliphatic hydroxyl groups is 2. The first-order chi connectivity index (χ1) is 12.1. The molecule has 0 aromatic carbocycles. The number of aliphatic hydroxyl groups excluding tert-OH is 2. The number of nitrogens with two attached hydrogens (primary N) is 1. The number of hydrogen-bond acceptors (Lipinski definition) is 9. The summed E-state index contributed by atoms with van der Waals surface area (Å²) in [5.41, 5.74) is 5.33. The monoisotopic (exact) mass is 412 g/mol.